The Morgan fingerprint density at radius 1 is 0.900 bits per heavy atom. The van der Waals surface area contributed by atoms with E-state index in [2.05, 4.69) is 29.6 Å². The first-order chi connectivity index (χ1) is 9.90. The van der Waals surface area contributed by atoms with E-state index in [1.54, 1.807) is 5.56 Å². The summed E-state index contributed by atoms with van der Waals surface area (Å²) < 4.78 is 0. The molecular weight excluding hydrogens is 244 g/mol. The van der Waals surface area contributed by atoms with Gasteiger partial charge in [0.25, 0.3) is 0 Å². The molecule has 1 saturated carbocycles. The van der Waals surface area contributed by atoms with Gasteiger partial charge in [0.1, 0.15) is 0 Å². The summed E-state index contributed by atoms with van der Waals surface area (Å²) in [6, 6.07) is 9.26. The molecule has 2 rings (SSSR count). The average molecular weight is 274 g/mol. The highest BCUT2D eigenvalue weighted by molar-refractivity contribution is 5.25. The van der Waals surface area contributed by atoms with Crippen LogP contribution in [0.1, 0.15) is 68.4 Å². The van der Waals surface area contributed by atoms with Crippen molar-refractivity contribution >= 4 is 0 Å². The molecule has 1 aliphatic carbocycles. The SMILES string of the molecule is NCCNCc1ccc(C2CCCCCCCC2)cc1. The quantitative estimate of drug-likeness (QED) is 0.798. The second kappa shape index (κ2) is 9.15. The third kappa shape index (κ3) is 5.26. The first kappa shape index (κ1) is 15.5. The van der Waals surface area contributed by atoms with Crippen molar-refractivity contribution < 1.29 is 0 Å². The van der Waals surface area contributed by atoms with Crippen LogP contribution in [0.15, 0.2) is 24.3 Å². The normalized spacial score (nSPS) is 18.2. The Bertz CT molecular complexity index is 348. The maximum atomic E-state index is 5.49. The van der Waals surface area contributed by atoms with Crippen molar-refractivity contribution in [1.82, 2.24) is 5.32 Å². The Hall–Kier alpha value is -0.860. The molecule has 0 aliphatic heterocycles. The van der Waals surface area contributed by atoms with Crippen LogP contribution in [0.3, 0.4) is 0 Å². The van der Waals surface area contributed by atoms with Crippen LogP contribution in [0.5, 0.6) is 0 Å². The Morgan fingerprint density at radius 2 is 1.50 bits per heavy atom. The summed E-state index contributed by atoms with van der Waals surface area (Å²) in [6.07, 6.45) is 11.3. The standard InChI is InChI=1S/C18H30N2/c19-13-14-20-15-16-9-11-18(12-10-16)17-7-5-3-1-2-4-6-8-17/h9-12,17,20H,1-8,13-15,19H2. The zero-order valence-electron chi connectivity index (χ0n) is 12.7. The van der Waals surface area contributed by atoms with Gasteiger partial charge in [0.2, 0.25) is 0 Å². The summed E-state index contributed by atoms with van der Waals surface area (Å²) in [5, 5.41) is 3.35. The van der Waals surface area contributed by atoms with E-state index < -0.39 is 0 Å². The van der Waals surface area contributed by atoms with Gasteiger partial charge in [0, 0.05) is 19.6 Å². The Labute approximate surface area is 124 Å². The number of rotatable bonds is 5. The molecule has 0 atom stereocenters. The number of nitrogens with two attached hydrogens (primary N) is 1. The summed E-state index contributed by atoms with van der Waals surface area (Å²) >= 11 is 0. The number of benzene rings is 1. The minimum absolute atomic E-state index is 0.708. The van der Waals surface area contributed by atoms with Crippen LogP contribution in [0.25, 0.3) is 0 Å². The van der Waals surface area contributed by atoms with Crippen molar-refractivity contribution in [2.45, 2.75) is 63.8 Å². The van der Waals surface area contributed by atoms with Crippen molar-refractivity contribution in [3.05, 3.63) is 35.4 Å². The minimum atomic E-state index is 0.708. The van der Waals surface area contributed by atoms with Crippen molar-refractivity contribution in [1.29, 1.82) is 0 Å². The number of nitrogens with one attached hydrogen (secondary N) is 1. The van der Waals surface area contributed by atoms with E-state index >= 15 is 0 Å². The lowest BCUT2D eigenvalue weighted by molar-refractivity contribution is 0.539. The molecule has 20 heavy (non-hydrogen) atoms. The predicted molar refractivity (Wildman–Crippen MR) is 86.9 cm³/mol. The molecule has 0 aromatic heterocycles. The summed E-state index contributed by atoms with van der Waals surface area (Å²) in [4.78, 5) is 0. The summed E-state index contributed by atoms with van der Waals surface area (Å²) in [7, 11) is 0. The maximum absolute atomic E-state index is 5.49. The van der Waals surface area contributed by atoms with Crippen LogP contribution in [-0.2, 0) is 6.54 Å². The molecule has 0 radical (unpaired) electrons. The molecule has 1 aromatic rings. The highest BCUT2D eigenvalue weighted by atomic mass is 14.9. The van der Waals surface area contributed by atoms with Gasteiger partial charge >= 0.3 is 0 Å². The van der Waals surface area contributed by atoms with Gasteiger partial charge in [-0.15, -0.1) is 0 Å². The average Bonchev–Trinajstić information content (AvgIpc) is 2.62. The van der Waals surface area contributed by atoms with Crippen LogP contribution >= 0.6 is 0 Å². The van der Waals surface area contributed by atoms with Gasteiger partial charge in [-0.3, -0.25) is 0 Å². The van der Waals surface area contributed by atoms with Crippen molar-refractivity contribution in [2.24, 2.45) is 5.73 Å². The van der Waals surface area contributed by atoms with E-state index in [0.29, 0.717) is 6.54 Å². The van der Waals surface area contributed by atoms with Crippen LogP contribution in [-0.4, -0.2) is 13.1 Å². The van der Waals surface area contributed by atoms with E-state index in [0.717, 1.165) is 19.0 Å². The second-order valence-corrected chi connectivity index (χ2v) is 6.10. The van der Waals surface area contributed by atoms with Gasteiger partial charge in [-0.2, -0.15) is 0 Å². The molecule has 3 N–H and O–H groups in total. The molecule has 2 nitrogen and oxygen atoms in total. The second-order valence-electron chi connectivity index (χ2n) is 6.10. The van der Waals surface area contributed by atoms with Crippen molar-refractivity contribution in [3.8, 4) is 0 Å². The lowest BCUT2D eigenvalue weighted by atomic mass is 9.89. The molecule has 112 valence electrons. The highest BCUT2D eigenvalue weighted by Gasteiger charge is 2.12. The van der Waals surface area contributed by atoms with Crippen molar-refractivity contribution in [2.75, 3.05) is 13.1 Å². The third-order valence-corrected chi connectivity index (χ3v) is 4.46. The van der Waals surface area contributed by atoms with E-state index in [1.807, 2.05) is 0 Å². The molecule has 1 fully saturated rings. The number of hydrogen-bond donors (Lipinski definition) is 2. The van der Waals surface area contributed by atoms with Crippen LogP contribution < -0.4 is 11.1 Å². The molecule has 1 aromatic carbocycles. The zero-order valence-corrected chi connectivity index (χ0v) is 12.7. The molecule has 1 aliphatic rings. The first-order valence-corrected chi connectivity index (χ1v) is 8.40. The van der Waals surface area contributed by atoms with E-state index in [9.17, 15) is 0 Å². The monoisotopic (exact) mass is 274 g/mol. The third-order valence-electron chi connectivity index (χ3n) is 4.46. The van der Waals surface area contributed by atoms with Gasteiger partial charge < -0.3 is 11.1 Å². The van der Waals surface area contributed by atoms with Crippen LogP contribution in [0, 0.1) is 0 Å². The van der Waals surface area contributed by atoms with Gasteiger partial charge in [0.15, 0.2) is 0 Å². The van der Waals surface area contributed by atoms with Gasteiger partial charge in [-0.1, -0.05) is 62.8 Å². The van der Waals surface area contributed by atoms with Crippen molar-refractivity contribution in [3.63, 3.8) is 0 Å². The predicted octanol–water partition coefficient (Wildman–Crippen LogP) is 3.95. The molecule has 2 heteroatoms. The van der Waals surface area contributed by atoms with Crippen LogP contribution in [0.2, 0.25) is 0 Å². The fourth-order valence-corrected chi connectivity index (χ4v) is 3.21. The summed E-state index contributed by atoms with van der Waals surface area (Å²) in [5.41, 5.74) is 8.41. The first-order valence-electron chi connectivity index (χ1n) is 8.40. The molecule has 0 heterocycles. The summed E-state index contributed by atoms with van der Waals surface area (Å²) in [6.45, 7) is 2.53. The fourth-order valence-electron chi connectivity index (χ4n) is 3.21. The molecule has 0 spiro atoms. The Kier molecular flexibility index (Phi) is 7.10. The van der Waals surface area contributed by atoms with E-state index in [-0.39, 0.29) is 0 Å². The molecule has 0 bridgehead atoms. The molecule has 0 saturated heterocycles. The largest absolute Gasteiger partial charge is 0.329 e. The molecular formula is C18H30N2. The highest BCUT2D eigenvalue weighted by Crippen LogP contribution is 2.30. The zero-order chi connectivity index (χ0) is 14.0. The number of hydrogen-bond acceptors (Lipinski definition) is 2. The lowest BCUT2D eigenvalue weighted by Crippen LogP contribution is -2.21. The fraction of sp³-hybridized carbons (Fsp3) is 0.667. The minimum Gasteiger partial charge on any atom is -0.329 e. The molecule has 0 amide bonds. The Morgan fingerprint density at radius 3 is 2.10 bits per heavy atom. The molecule has 0 unspecified atom stereocenters. The summed E-state index contributed by atoms with van der Waals surface area (Å²) in [5.74, 6) is 0.791. The van der Waals surface area contributed by atoms with Gasteiger partial charge in [0.05, 0.1) is 0 Å². The van der Waals surface area contributed by atoms with Gasteiger partial charge in [-0.05, 0) is 29.9 Å². The van der Waals surface area contributed by atoms with E-state index in [4.69, 9.17) is 5.73 Å². The van der Waals surface area contributed by atoms with Gasteiger partial charge in [-0.25, -0.2) is 0 Å². The lowest BCUT2D eigenvalue weighted by Gasteiger charge is -2.17. The topological polar surface area (TPSA) is 38.0 Å². The maximum Gasteiger partial charge on any atom is 0.0206 e. The smallest absolute Gasteiger partial charge is 0.0206 e. The Balaban J connectivity index is 1.89. The van der Waals surface area contributed by atoms with Crippen LogP contribution in [0.4, 0.5) is 0 Å². The van der Waals surface area contributed by atoms with E-state index in [1.165, 1.54) is 56.9 Å².